The first-order valence-corrected chi connectivity index (χ1v) is 10.6. The van der Waals surface area contributed by atoms with Gasteiger partial charge in [0.15, 0.2) is 11.5 Å². The van der Waals surface area contributed by atoms with Gasteiger partial charge in [0, 0.05) is 16.8 Å². The molecule has 0 aliphatic carbocycles. The molecule has 3 aromatic carbocycles. The number of aryl methyl sites for hydroxylation is 1. The van der Waals surface area contributed by atoms with Crippen molar-refractivity contribution in [2.24, 2.45) is 0 Å². The highest BCUT2D eigenvalue weighted by Crippen LogP contribution is 2.35. The summed E-state index contributed by atoms with van der Waals surface area (Å²) >= 11 is 11.3. The Bertz CT molecular complexity index is 1320. The number of nitrogens with one attached hydrogen (secondary N) is 1. The van der Waals surface area contributed by atoms with Gasteiger partial charge in [-0.1, -0.05) is 11.6 Å². The monoisotopic (exact) mass is 481 g/mol. The van der Waals surface area contributed by atoms with Gasteiger partial charge < -0.3 is 24.3 Å². The third kappa shape index (κ3) is 5.24. The average Bonchev–Trinajstić information content (AvgIpc) is 2.81. The minimum atomic E-state index is 0.219. The molecule has 0 fully saturated rings. The van der Waals surface area contributed by atoms with E-state index in [9.17, 15) is 0 Å². The molecule has 0 radical (unpaired) electrons. The van der Waals surface area contributed by atoms with Crippen molar-refractivity contribution >= 4 is 45.6 Å². The van der Waals surface area contributed by atoms with Gasteiger partial charge in [-0.15, -0.1) is 0 Å². The summed E-state index contributed by atoms with van der Waals surface area (Å²) in [6, 6.07) is 16.2. The molecular formula is C24H20ClN3O4S. The van der Waals surface area contributed by atoms with Gasteiger partial charge in [0.2, 0.25) is 5.88 Å². The zero-order chi connectivity index (χ0) is 23.4. The van der Waals surface area contributed by atoms with Crippen LogP contribution in [-0.4, -0.2) is 29.4 Å². The Morgan fingerprint density at radius 2 is 1.64 bits per heavy atom. The van der Waals surface area contributed by atoms with Crippen molar-refractivity contribution in [1.82, 2.24) is 9.97 Å². The quantitative estimate of drug-likeness (QED) is 0.327. The maximum absolute atomic E-state index is 6.00. The Balaban J connectivity index is 1.47. The number of ether oxygens (including phenoxy) is 4. The highest BCUT2D eigenvalue weighted by molar-refractivity contribution is 7.80. The lowest BCUT2D eigenvalue weighted by Crippen LogP contribution is -2.16. The van der Waals surface area contributed by atoms with E-state index >= 15 is 0 Å². The second-order valence-electron chi connectivity index (χ2n) is 6.95. The van der Waals surface area contributed by atoms with E-state index in [0.717, 1.165) is 11.3 Å². The Morgan fingerprint density at radius 3 is 2.33 bits per heavy atom. The fourth-order valence-electron chi connectivity index (χ4n) is 3.13. The SMILES string of the molecule is COc1cc2ncnc(Oc3ccc(NC(=S)Oc4ccc(Cl)cc4C)cc3)c2cc1OC. The summed E-state index contributed by atoms with van der Waals surface area (Å²) < 4.78 is 22.4. The molecule has 1 N–H and O–H groups in total. The molecule has 33 heavy (non-hydrogen) atoms. The van der Waals surface area contributed by atoms with E-state index in [1.165, 1.54) is 6.33 Å². The van der Waals surface area contributed by atoms with Gasteiger partial charge >= 0.3 is 0 Å². The van der Waals surface area contributed by atoms with E-state index in [4.69, 9.17) is 42.8 Å². The van der Waals surface area contributed by atoms with Crippen LogP contribution in [0.3, 0.4) is 0 Å². The first-order valence-electron chi connectivity index (χ1n) is 9.86. The number of anilines is 1. The van der Waals surface area contributed by atoms with Crippen LogP contribution in [-0.2, 0) is 0 Å². The second kappa shape index (κ2) is 9.89. The molecular weight excluding hydrogens is 462 g/mol. The van der Waals surface area contributed by atoms with Crippen LogP contribution in [0.4, 0.5) is 5.69 Å². The molecule has 9 heteroatoms. The van der Waals surface area contributed by atoms with E-state index in [-0.39, 0.29) is 5.17 Å². The summed E-state index contributed by atoms with van der Waals surface area (Å²) in [5.74, 6) is 2.78. The van der Waals surface area contributed by atoms with E-state index in [1.807, 2.05) is 25.1 Å². The molecule has 0 atom stereocenters. The zero-order valence-electron chi connectivity index (χ0n) is 18.1. The molecule has 1 aromatic heterocycles. The Labute approximate surface area is 201 Å². The number of hydrogen-bond donors (Lipinski definition) is 1. The smallest absolute Gasteiger partial charge is 0.266 e. The van der Waals surface area contributed by atoms with Crippen molar-refractivity contribution < 1.29 is 18.9 Å². The average molecular weight is 482 g/mol. The van der Waals surface area contributed by atoms with Gasteiger partial charge in [-0.3, -0.25) is 0 Å². The maximum atomic E-state index is 6.00. The third-order valence-electron chi connectivity index (χ3n) is 4.76. The fraction of sp³-hybridized carbons (Fsp3) is 0.125. The van der Waals surface area contributed by atoms with Crippen LogP contribution >= 0.6 is 23.8 Å². The van der Waals surface area contributed by atoms with E-state index < -0.39 is 0 Å². The Hall–Kier alpha value is -3.62. The van der Waals surface area contributed by atoms with Crippen LogP contribution in [0.1, 0.15) is 5.56 Å². The number of fused-ring (bicyclic) bond motifs is 1. The number of benzene rings is 3. The largest absolute Gasteiger partial charge is 0.493 e. The van der Waals surface area contributed by atoms with Crippen molar-refractivity contribution in [3.05, 3.63) is 71.5 Å². The third-order valence-corrected chi connectivity index (χ3v) is 5.18. The molecule has 4 aromatic rings. The summed E-state index contributed by atoms with van der Waals surface area (Å²) in [4.78, 5) is 8.56. The summed E-state index contributed by atoms with van der Waals surface area (Å²) in [5, 5.41) is 4.61. The van der Waals surface area contributed by atoms with Crippen LogP contribution in [0.5, 0.6) is 28.9 Å². The molecule has 1 heterocycles. The van der Waals surface area contributed by atoms with Gasteiger partial charge in [0.05, 0.1) is 25.1 Å². The van der Waals surface area contributed by atoms with Gasteiger partial charge in [-0.25, -0.2) is 9.97 Å². The molecule has 0 bridgehead atoms. The Morgan fingerprint density at radius 1 is 0.909 bits per heavy atom. The molecule has 4 rings (SSSR count). The lowest BCUT2D eigenvalue weighted by molar-refractivity contribution is 0.355. The number of aromatic nitrogens is 2. The van der Waals surface area contributed by atoms with Gasteiger partial charge in [-0.2, -0.15) is 0 Å². The van der Waals surface area contributed by atoms with E-state index in [1.54, 1.807) is 50.6 Å². The summed E-state index contributed by atoms with van der Waals surface area (Å²) in [5.41, 5.74) is 2.32. The molecule has 168 valence electrons. The number of hydrogen-bond acceptors (Lipinski definition) is 7. The van der Waals surface area contributed by atoms with Crippen LogP contribution in [0.15, 0.2) is 60.9 Å². The van der Waals surface area contributed by atoms with E-state index in [2.05, 4.69) is 15.3 Å². The Kier molecular flexibility index (Phi) is 6.76. The number of rotatable bonds is 6. The minimum absolute atomic E-state index is 0.219. The maximum Gasteiger partial charge on any atom is 0.266 e. The van der Waals surface area contributed by atoms with Gasteiger partial charge in [-0.05, 0) is 73.2 Å². The van der Waals surface area contributed by atoms with Gasteiger partial charge in [0.1, 0.15) is 17.8 Å². The topological polar surface area (TPSA) is 74.7 Å². The van der Waals surface area contributed by atoms with Crippen LogP contribution in [0, 0.1) is 6.92 Å². The molecule has 0 aliphatic rings. The first kappa shape index (κ1) is 22.6. The molecule has 7 nitrogen and oxygen atoms in total. The molecule has 0 unspecified atom stereocenters. The predicted molar refractivity (Wildman–Crippen MR) is 132 cm³/mol. The normalized spacial score (nSPS) is 10.5. The molecule has 0 amide bonds. The number of thiocarbonyl (C=S) groups is 1. The zero-order valence-corrected chi connectivity index (χ0v) is 19.7. The highest BCUT2D eigenvalue weighted by atomic mass is 35.5. The molecule has 0 saturated heterocycles. The van der Waals surface area contributed by atoms with Crippen molar-refractivity contribution in [2.45, 2.75) is 6.92 Å². The summed E-state index contributed by atoms with van der Waals surface area (Å²) in [6.45, 7) is 1.90. The lowest BCUT2D eigenvalue weighted by Gasteiger charge is -2.13. The number of nitrogens with zero attached hydrogens (tertiary/aromatic N) is 2. The van der Waals surface area contributed by atoms with Crippen LogP contribution in [0.2, 0.25) is 5.02 Å². The fourth-order valence-corrected chi connectivity index (χ4v) is 3.56. The number of halogens is 1. The first-order chi connectivity index (χ1) is 16.0. The van der Waals surface area contributed by atoms with Gasteiger partial charge in [0.25, 0.3) is 5.17 Å². The summed E-state index contributed by atoms with van der Waals surface area (Å²) in [7, 11) is 3.15. The number of methoxy groups -OCH3 is 2. The van der Waals surface area contributed by atoms with Crippen molar-refractivity contribution in [3.8, 4) is 28.9 Å². The minimum Gasteiger partial charge on any atom is -0.493 e. The summed E-state index contributed by atoms with van der Waals surface area (Å²) in [6.07, 6.45) is 1.44. The highest BCUT2D eigenvalue weighted by Gasteiger charge is 2.13. The predicted octanol–water partition coefficient (Wildman–Crippen LogP) is 6.18. The van der Waals surface area contributed by atoms with Crippen molar-refractivity contribution in [1.29, 1.82) is 0 Å². The molecule has 0 aliphatic heterocycles. The molecule has 0 spiro atoms. The van der Waals surface area contributed by atoms with E-state index in [0.29, 0.717) is 44.8 Å². The molecule has 0 saturated carbocycles. The van der Waals surface area contributed by atoms with Crippen LogP contribution in [0.25, 0.3) is 10.9 Å². The van der Waals surface area contributed by atoms with Crippen molar-refractivity contribution in [3.63, 3.8) is 0 Å². The standard InChI is InChI=1S/C24H20ClN3O4S/c1-14-10-15(25)4-9-20(14)32-24(33)28-16-5-7-17(8-6-16)31-23-18-11-21(29-2)22(30-3)12-19(18)26-13-27-23/h4-13H,1-3H3,(H,28,33). The van der Waals surface area contributed by atoms with Crippen molar-refractivity contribution in [2.75, 3.05) is 19.5 Å². The second-order valence-corrected chi connectivity index (χ2v) is 7.76. The lowest BCUT2D eigenvalue weighted by atomic mass is 10.2. The van der Waals surface area contributed by atoms with Crippen LogP contribution < -0.4 is 24.3 Å².